The van der Waals surface area contributed by atoms with Crippen LogP contribution in [0.1, 0.15) is 65.2 Å². The van der Waals surface area contributed by atoms with Crippen molar-refractivity contribution in [2.24, 2.45) is 0 Å². The van der Waals surface area contributed by atoms with Gasteiger partial charge in [0.2, 0.25) is 11.1 Å². The van der Waals surface area contributed by atoms with E-state index in [0.717, 1.165) is 18.6 Å². The van der Waals surface area contributed by atoms with Gasteiger partial charge in [-0.05, 0) is 25.0 Å². The van der Waals surface area contributed by atoms with Crippen LogP contribution in [0.5, 0.6) is 11.5 Å². The highest BCUT2D eigenvalue weighted by Crippen LogP contribution is 2.32. The Morgan fingerprint density at radius 2 is 1.50 bits per heavy atom. The van der Waals surface area contributed by atoms with Gasteiger partial charge in [0, 0.05) is 0 Å². The second-order valence-corrected chi connectivity index (χ2v) is 5.55. The number of ether oxygens (including phenoxy) is 2. The first-order valence-corrected chi connectivity index (χ1v) is 8.56. The molecule has 0 atom stereocenters. The molecule has 4 heteroatoms. The average molecular weight is 305 g/mol. The molecule has 1 rings (SSSR count). The van der Waals surface area contributed by atoms with E-state index in [9.17, 15) is 0 Å². The summed E-state index contributed by atoms with van der Waals surface area (Å²) in [7, 11) is 0. The maximum atomic E-state index is 9.11. The lowest BCUT2D eigenvalue weighted by Crippen LogP contribution is -1.99. The second kappa shape index (κ2) is 11.9. The summed E-state index contributed by atoms with van der Waals surface area (Å²) in [5.41, 5.74) is 0.432. The first-order valence-electron chi connectivity index (χ1n) is 8.56. The molecule has 0 spiro atoms. The predicted molar refractivity (Wildman–Crippen MR) is 90.5 cm³/mol. The number of hydrogen-bond acceptors (Lipinski definition) is 3. The highest BCUT2D eigenvalue weighted by atomic mass is 16.5. The van der Waals surface area contributed by atoms with Crippen molar-refractivity contribution in [2.45, 2.75) is 65.2 Å². The lowest BCUT2D eigenvalue weighted by Gasteiger charge is -2.07. The Hall–Kier alpha value is -1.76. The average Bonchev–Trinajstić information content (AvgIpc) is 2.55. The van der Waals surface area contributed by atoms with Gasteiger partial charge in [-0.15, -0.1) is 0 Å². The zero-order valence-corrected chi connectivity index (χ0v) is 14.0. The minimum Gasteiger partial charge on any atom is -0.493 e. The number of unbranched alkanes of at least 4 members (excludes halogenated alkanes) is 6. The Morgan fingerprint density at radius 3 is 2.09 bits per heavy atom. The van der Waals surface area contributed by atoms with Crippen LogP contribution < -0.4 is 9.47 Å². The van der Waals surface area contributed by atoms with Crippen LogP contribution >= 0.6 is 0 Å². The highest BCUT2D eigenvalue weighted by Gasteiger charge is 2.16. The van der Waals surface area contributed by atoms with Crippen LogP contribution in [-0.4, -0.2) is 13.2 Å². The van der Waals surface area contributed by atoms with Crippen LogP contribution in [-0.2, 0) is 0 Å². The topological polar surface area (TPSA) is 46.6 Å². The van der Waals surface area contributed by atoms with E-state index < -0.39 is 0 Å². The number of rotatable bonds is 12. The van der Waals surface area contributed by atoms with Crippen LogP contribution in [0.4, 0.5) is 5.69 Å². The number of benzene rings is 1. The first-order chi connectivity index (χ1) is 10.8. The monoisotopic (exact) mass is 305 g/mol. The molecule has 122 valence electrons. The van der Waals surface area contributed by atoms with E-state index in [1.807, 2.05) is 12.1 Å². The molecule has 0 aliphatic heterocycles. The molecule has 0 bridgehead atoms. The van der Waals surface area contributed by atoms with Crippen molar-refractivity contribution in [2.75, 3.05) is 13.2 Å². The fraction of sp³-hybridized carbons (Fsp3) is 0.667. The first kappa shape index (κ1) is 18.3. The van der Waals surface area contributed by atoms with Crippen LogP contribution in [0, 0.1) is 5.39 Å². The van der Waals surface area contributed by atoms with Gasteiger partial charge in [-0.25, -0.2) is 0 Å². The second-order valence-electron chi connectivity index (χ2n) is 5.55. The van der Waals surface area contributed by atoms with Gasteiger partial charge < -0.3 is 9.47 Å². The maximum absolute atomic E-state index is 9.11. The Morgan fingerprint density at radius 1 is 0.864 bits per heavy atom. The van der Waals surface area contributed by atoms with Crippen LogP contribution in [0.25, 0.3) is 4.98 Å². The van der Waals surface area contributed by atoms with E-state index >= 15 is 0 Å². The van der Waals surface area contributed by atoms with Crippen LogP contribution in [0.2, 0.25) is 0 Å². The van der Waals surface area contributed by atoms with Crippen molar-refractivity contribution in [3.8, 4) is 11.5 Å². The summed E-state index contributed by atoms with van der Waals surface area (Å²) < 4.78 is 11.4. The Labute approximate surface area is 134 Å². The quantitative estimate of drug-likeness (QED) is 0.347. The van der Waals surface area contributed by atoms with Gasteiger partial charge in [-0.3, -0.25) is 0 Å². The molecule has 0 unspecified atom stereocenters. The third kappa shape index (κ3) is 7.31. The summed E-state index contributed by atoms with van der Waals surface area (Å²) in [6, 6.07) is 5.41. The maximum Gasteiger partial charge on any atom is 0.429 e. The molecule has 0 saturated carbocycles. The zero-order chi connectivity index (χ0) is 16.0. The third-order valence-electron chi connectivity index (χ3n) is 3.56. The molecule has 0 radical (unpaired) electrons. The van der Waals surface area contributed by atoms with Gasteiger partial charge >= 0.3 is 5.69 Å². The highest BCUT2D eigenvalue weighted by molar-refractivity contribution is 5.60. The Kier molecular flexibility index (Phi) is 9.85. The summed E-state index contributed by atoms with van der Waals surface area (Å²) in [5, 5.41) is 9.11. The summed E-state index contributed by atoms with van der Waals surface area (Å²) in [4.78, 5) is 3.30. The fourth-order valence-electron chi connectivity index (χ4n) is 2.22. The van der Waals surface area contributed by atoms with Gasteiger partial charge in [-0.2, -0.15) is 0 Å². The van der Waals surface area contributed by atoms with E-state index in [0.29, 0.717) is 24.7 Å². The van der Waals surface area contributed by atoms with E-state index in [1.165, 1.54) is 38.5 Å². The Bertz CT molecular complexity index is 455. The molecule has 0 aliphatic rings. The molecule has 1 aromatic carbocycles. The van der Waals surface area contributed by atoms with Gasteiger partial charge in [0.15, 0.2) is 4.98 Å². The van der Waals surface area contributed by atoms with Gasteiger partial charge in [0.1, 0.15) is 5.75 Å². The molecule has 1 aromatic rings. The molecule has 0 aromatic heterocycles. The number of diazo groups is 1. The summed E-state index contributed by atoms with van der Waals surface area (Å²) in [6.07, 6.45) is 9.33. The lowest BCUT2D eigenvalue weighted by atomic mass is 10.2. The molecule has 0 fully saturated rings. The van der Waals surface area contributed by atoms with Crippen molar-refractivity contribution in [3.05, 3.63) is 23.2 Å². The molecule has 0 aliphatic carbocycles. The van der Waals surface area contributed by atoms with E-state index in [2.05, 4.69) is 18.8 Å². The molecule has 0 saturated heterocycles. The van der Waals surface area contributed by atoms with E-state index in [4.69, 9.17) is 14.9 Å². The smallest absolute Gasteiger partial charge is 0.429 e. The molecular weight excluding hydrogens is 276 g/mol. The van der Waals surface area contributed by atoms with Gasteiger partial charge in [0.25, 0.3) is 0 Å². The molecular formula is C18H29N2O2+. The zero-order valence-electron chi connectivity index (χ0n) is 14.0. The molecule has 4 nitrogen and oxygen atoms in total. The molecule has 0 N–H and O–H groups in total. The third-order valence-corrected chi connectivity index (χ3v) is 3.56. The summed E-state index contributed by atoms with van der Waals surface area (Å²) >= 11 is 0. The van der Waals surface area contributed by atoms with Crippen molar-refractivity contribution in [1.82, 2.24) is 0 Å². The van der Waals surface area contributed by atoms with Gasteiger partial charge in [-0.1, -0.05) is 52.4 Å². The Balaban J connectivity index is 2.40. The number of hydrogen-bond donors (Lipinski definition) is 0. The number of nitrogens with zero attached hydrogens (tertiary/aromatic N) is 2. The van der Waals surface area contributed by atoms with Crippen molar-refractivity contribution in [3.63, 3.8) is 0 Å². The standard InChI is InChI=1S/C18H29N2O2/c1-3-5-7-9-13-21-16-11-12-18(17(15-16)20-19)22-14-10-8-6-4-2/h11-12,15H,3-10,13-14H2,1-2H3/q+1. The summed E-state index contributed by atoms with van der Waals surface area (Å²) in [6.45, 7) is 5.73. The van der Waals surface area contributed by atoms with Crippen molar-refractivity contribution < 1.29 is 9.47 Å². The van der Waals surface area contributed by atoms with Crippen LogP contribution in [0.15, 0.2) is 18.2 Å². The summed E-state index contributed by atoms with van der Waals surface area (Å²) in [5.74, 6) is 1.33. The van der Waals surface area contributed by atoms with E-state index in [1.54, 1.807) is 6.07 Å². The van der Waals surface area contributed by atoms with Gasteiger partial charge in [0.05, 0.1) is 19.3 Å². The minimum absolute atomic E-state index is 0.432. The predicted octanol–water partition coefficient (Wildman–Crippen LogP) is 6.09. The lowest BCUT2D eigenvalue weighted by molar-refractivity contribution is 0.298. The van der Waals surface area contributed by atoms with Crippen molar-refractivity contribution >= 4 is 5.69 Å². The molecule has 22 heavy (non-hydrogen) atoms. The normalized spacial score (nSPS) is 10.2. The SMILES string of the molecule is CCCCCCOc1ccc(OCCCCCC)c([N+]#N)c1. The minimum atomic E-state index is 0.432. The fourth-order valence-corrected chi connectivity index (χ4v) is 2.22. The van der Waals surface area contributed by atoms with Crippen LogP contribution in [0.3, 0.4) is 0 Å². The van der Waals surface area contributed by atoms with Crippen molar-refractivity contribution in [1.29, 1.82) is 5.39 Å². The largest absolute Gasteiger partial charge is 0.493 e. The molecule has 0 amide bonds. The molecule has 0 heterocycles. The van der Waals surface area contributed by atoms with E-state index in [-0.39, 0.29) is 0 Å².